The van der Waals surface area contributed by atoms with E-state index in [2.05, 4.69) is 0 Å². The molecular formula is C15H12ClFO4. The van der Waals surface area contributed by atoms with Gasteiger partial charge in [0.2, 0.25) is 0 Å². The van der Waals surface area contributed by atoms with E-state index in [0.29, 0.717) is 0 Å². The highest BCUT2D eigenvalue weighted by molar-refractivity contribution is 6.30. The van der Waals surface area contributed by atoms with Gasteiger partial charge in [0.15, 0.2) is 11.5 Å². The molecule has 0 spiro atoms. The van der Waals surface area contributed by atoms with Gasteiger partial charge in [-0.1, -0.05) is 29.8 Å². The zero-order valence-electron chi connectivity index (χ0n) is 11.1. The molecule has 0 radical (unpaired) electrons. The van der Waals surface area contributed by atoms with Crippen molar-refractivity contribution in [3.8, 4) is 11.5 Å². The van der Waals surface area contributed by atoms with Crippen molar-refractivity contribution in [3.05, 3.63) is 58.4 Å². The van der Waals surface area contributed by atoms with Crippen molar-refractivity contribution in [2.24, 2.45) is 0 Å². The molecule has 0 heterocycles. The number of rotatable bonds is 5. The molecule has 6 heteroatoms. The first kappa shape index (κ1) is 15.1. The smallest absolute Gasteiger partial charge is 0.339 e. The summed E-state index contributed by atoms with van der Waals surface area (Å²) in [5.74, 6) is -1.44. The van der Waals surface area contributed by atoms with Gasteiger partial charge in [0.1, 0.15) is 18.0 Å². The Balaban J connectivity index is 2.31. The van der Waals surface area contributed by atoms with Crippen LogP contribution < -0.4 is 9.47 Å². The molecule has 2 aromatic rings. The van der Waals surface area contributed by atoms with Crippen LogP contribution in [0, 0.1) is 5.82 Å². The number of halogens is 2. The molecule has 0 fully saturated rings. The van der Waals surface area contributed by atoms with E-state index in [-0.39, 0.29) is 34.3 Å². The third-order valence-corrected chi connectivity index (χ3v) is 3.12. The number of hydrogen-bond acceptors (Lipinski definition) is 3. The predicted molar refractivity (Wildman–Crippen MR) is 75.7 cm³/mol. The van der Waals surface area contributed by atoms with Gasteiger partial charge in [-0.25, -0.2) is 9.18 Å². The molecule has 4 nitrogen and oxygen atoms in total. The molecule has 0 aliphatic heterocycles. The minimum Gasteiger partial charge on any atom is -0.493 e. The minimum absolute atomic E-state index is 0.0189. The number of para-hydroxylation sites is 1. The third kappa shape index (κ3) is 3.25. The molecule has 0 unspecified atom stereocenters. The predicted octanol–water partition coefficient (Wildman–Crippen LogP) is 3.76. The van der Waals surface area contributed by atoms with Gasteiger partial charge < -0.3 is 14.6 Å². The second-order valence-corrected chi connectivity index (χ2v) is 4.55. The van der Waals surface area contributed by atoms with Crippen LogP contribution in [0.2, 0.25) is 5.02 Å². The topological polar surface area (TPSA) is 55.8 Å². The molecule has 0 aliphatic rings. The van der Waals surface area contributed by atoms with Gasteiger partial charge in [0.25, 0.3) is 0 Å². The maximum absolute atomic E-state index is 13.8. The quantitative estimate of drug-likeness (QED) is 0.913. The Morgan fingerprint density at radius 2 is 2.00 bits per heavy atom. The maximum atomic E-state index is 13.8. The number of benzene rings is 2. The van der Waals surface area contributed by atoms with Gasteiger partial charge >= 0.3 is 5.97 Å². The van der Waals surface area contributed by atoms with E-state index >= 15 is 0 Å². The second kappa shape index (κ2) is 6.45. The summed E-state index contributed by atoms with van der Waals surface area (Å²) in [5, 5.41) is 9.13. The number of hydrogen-bond donors (Lipinski definition) is 1. The number of carbonyl (C=O) groups is 1. The van der Waals surface area contributed by atoms with Crippen molar-refractivity contribution >= 4 is 17.6 Å². The summed E-state index contributed by atoms with van der Waals surface area (Å²) >= 11 is 5.69. The number of methoxy groups -OCH3 is 1. The van der Waals surface area contributed by atoms with E-state index in [1.54, 1.807) is 12.1 Å². The molecule has 2 rings (SSSR count). The Morgan fingerprint density at radius 1 is 1.29 bits per heavy atom. The van der Waals surface area contributed by atoms with Crippen molar-refractivity contribution < 1.29 is 23.8 Å². The van der Waals surface area contributed by atoms with Gasteiger partial charge in [0, 0.05) is 5.56 Å². The Labute approximate surface area is 125 Å². The lowest BCUT2D eigenvalue weighted by Crippen LogP contribution is -2.06. The molecule has 0 aliphatic carbocycles. The van der Waals surface area contributed by atoms with Crippen LogP contribution in [0.25, 0.3) is 0 Å². The number of aromatic carboxylic acids is 1. The fourth-order valence-corrected chi connectivity index (χ4v) is 2.00. The maximum Gasteiger partial charge on any atom is 0.339 e. The van der Waals surface area contributed by atoms with Crippen LogP contribution >= 0.6 is 11.6 Å². The highest BCUT2D eigenvalue weighted by Gasteiger charge is 2.17. The molecule has 2 aromatic carbocycles. The van der Waals surface area contributed by atoms with E-state index < -0.39 is 11.8 Å². The normalized spacial score (nSPS) is 10.2. The van der Waals surface area contributed by atoms with E-state index in [0.717, 1.165) is 0 Å². The van der Waals surface area contributed by atoms with Gasteiger partial charge in [-0.3, -0.25) is 0 Å². The summed E-state index contributed by atoms with van der Waals surface area (Å²) in [7, 11) is 1.40. The van der Waals surface area contributed by atoms with E-state index in [1.807, 2.05) is 0 Å². The Morgan fingerprint density at radius 3 is 2.67 bits per heavy atom. The van der Waals surface area contributed by atoms with Gasteiger partial charge in [-0.05, 0) is 18.2 Å². The summed E-state index contributed by atoms with van der Waals surface area (Å²) in [5.41, 5.74) is 0.168. The average Bonchev–Trinajstić information content (AvgIpc) is 2.48. The van der Waals surface area contributed by atoms with Crippen molar-refractivity contribution in [1.82, 2.24) is 0 Å². The summed E-state index contributed by atoms with van der Waals surface area (Å²) in [6.07, 6.45) is 0. The molecule has 0 bridgehead atoms. The van der Waals surface area contributed by atoms with E-state index in [4.69, 9.17) is 26.2 Å². The largest absolute Gasteiger partial charge is 0.493 e. The highest BCUT2D eigenvalue weighted by Crippen LogP contribution is 2.32. The van der Waals surface area contributed by atoms with Gasteiger partial charge in [-0.2, -0.15) is 0 Å². The first-order chi connectivity index (χ1) is 10.0. The van der Waals surface area contributed by atoms with Crippen molar-refractivity contribution in [2.45, 2.75) is 6.61 Å². The number of carboxylic acids is 1. The van der Waals surface area contributed by atoms with Crippen LogP contribution in [0.5, 0.6) is 11.5 Å². The minimum atomic E-state index is -1.16. The molecular weight excluding hydrogens is 299 g/mol. The first-order valence-electron chi connectivity index (χ1n) is 6.00. The van der Waals surface area contributed by atoms with Crippen LogP contribution in [0.15, 0.2) is 36.4 Å². The monoisotopic (exact) mass is 310 g/mol. The zero-order chi connectivity index (χ0) is 15.4. The fraction of sp³-hybridized carbons (Fsp3) is 0.133. The summed E-state index contributed by atoms with van der Waals surface area (Å²) in [6, 6.07) is 9.01. The number of ether oxygens (including phenoxy) is 2. The van der Waals surface area contributed by atoms with E-state index in [1.165, 1.54) is 31.4 Å². The van der Waals surface area contributed by atoms with Crippen molar-refractivity contribution in [2.75, 3.05) is 7.11 Å². The molecule has 0 saturated carbocycles. The summed E-state index contributed by atoms with van der Waals surface area (Å²) in [6.45, 7) is -0.160. The lowest BCUT2D eigenvalue weighted by Gasteiger charge is -2.13. The van der Waals surface area contributed by atoms with Crippen molar-refractivity contribution in [1.29, 1.82) is 0 Å². The van der Waals surface area contributed by atoms with Gasteiger partial charge in [0.05, 0.1) is 12.1 Å². The van der Waals surface area contributed by atoms with Crippen LogP contribution in [0.4, 0.5) is 4.39 Å². The highest BCUT2D eigenvalue weighted by atomic mass is 35.5. The Hall–Kier alpha value is -2.27. The zero-order valence-corrected chi connectivity index (χ0v) is 11.9. The van der Waals surface area contributed by atoms with Crippen LogP contribution in [-0.4, -0.2) is 18.2 Å². The third-order valence-electron chi connectivity index (χ3n) is 2.83. The van der Waals surface area contributed by atoms with Crippen molar-refractivity contribution in [3.63, 3.8) is 0 Å². The first-order valence-corrected chi connectivity index (χ1v) is 6.38. The van der Waals surface area contributed by atoms with E-state index in [9.17, 15) is 9.18 Å². The Kier molecular flexibility index (Phi) is 4.65. The molecule has 110 valence electrons. The SMILES string of the molecule is COc1cccc(C(=O)O)c1OCc1cccc(Cl)c1F. The lowest BCUT2D eigenvalue weighted by molar-refractivity contribution is 0.0691. The Bertz CT molecular complexity index is 673. The summed E-state index contributed by atoms with van der Waals surface area (Å²) in [4.78, 5) is 11.2. The molecule has 0 atom stereocenters. The molecule has 0 saturated heterocycles. The molecule has 21 heavy (non-hydrogen) atoms. The second-order valence-electron chi connectivity index (χ2n) is 4.14. The van der Waals surface area contributed by atoms with Crippen LogP contribution in [0.3, 0.4) is 0 Å². The average molecular weight is 311 g/mol. The lowest BCUT2D eigenvalue weighted by atomic mass is 10.2. The fourth-order valence-electron chi connectivity index (χ4n) is 1.80. The van der Waals surface area contributed by atoms with Crippen LogP contribution in [0.1, 0.15) is 15.9 Å². The van der Waals surface area contributed by atoms with Crippen LogP contribution in [-0.2, 0) is 6.61 Å². The molecule has 0 amide bonds. The summed E-state index contributed by atoms with van der Waals surface area (Å²) < 4.78 is 24.3. The number of carboxylic acid groups (broad SMARTS) is 1. The van der Waals surface area contributed by atoms with Gasteiger partial charge in [-0.15, -0.1) is 0 Å². The standard InChI is InChI=1S/C15H12ClFO4/c1-20-12-7-3-5-10(15(18)19)14(12)21-8-9-4-2-6-11(16)13(9)17/h2-7H,8H2,1H3,(H,18,19). The molecule has 1 N–H and O–H groups in total. The molecule has 0 aromatic heterocycles.